The van der Waals surface area contributed by atoms with Gasteiger partial charge in [-0.15, -0.1) is 5.92 Å². The minimum atomic E-state index is -0.856. The number of aryl methyl sites for hydroxylation is 1. The van der Waals surface area contributed by atoms with Gasteiger partial charge in [-0.3, -0.25) is 9.89 Å². The van der Waals surface area contributed by atoms with Crippen molar-refractivity contribution < 1.29 is 14.6 Å². The highest BCUT2D eigenvalue weighted by Crippen LogP contribution is 2.31. The summed E-state index contributed by atoms with van der Waals surface area (Å²) in [6, 6.07) is 13.9. The number of fused-ring (bicyclic) bond motifs is 1. The topological polar surface area (TPSA) is 75.2 Å². The molecule has 2 N–H and O–H groups in total. The average molecular weight is 405 g/mol. The van der Waals surface area contributed by atoms with Gasteiger partial charge in [0.05, 0.1) is 17.9 Å². The van der Waals surface area contributed by atoms with Crippen LogP contribution in [0.15, 0.2) is 42.5 Å². The van der Waals surface area contributed by atoms with Crippen molar-refractivity contribution in [3.8, 4) is 17.6 Å². The summed E-state index contributed by atoms with van der Waals surface area (Å²) in [4.78, 5) is 11.1. The second-order valence-corrected chi connectivity index (χ2v) is 7.98. The highest BCUT2D eigenvalue weighted by atomic mass is 16.5. The molecule has 0 aliphatic carbocycles. The summed E-state index contributed by atoms with van der Waals surface area (Å²) < 4.78 is 6.37. The molecule has 2 unspecified atom stereocenters. The van der Waals surface area contributed by atoms with Crippen LogP contribution >= 0.6 is 0 Å². The van der Waals surface area contributed by atoms with Crippen molar-refractivity contribution in [2.75, 3.05) is 0 Å². The van der Waals surface area contributed by atoms with E-state index in [0.29, 0.717) is 5.92 Å². The van der Waals surface area contributed by atoms with Crippen molar-refractivity contribution in [1.82, 2.24) is 10.2 Å². The molecule has 0 aliphatic heterocycles. The predicted octanol–water partition coefficient (Wildman–Crippen LogP) is 5.62. The minimum Gasteiger partial charge on any atom is -0.486 e. The molecule has 0 amide bonds. The number of ether oxygens (including phenoxy) is 1. The predicted molar refractivity (Wildman–Crippen MR) is 119 cm³/mol. The second kappa shape index (κ2) is 9.49. The lowest BCUT2D eigenvalue weighted by molar-refractivity contribution is -0.137. The highest BCUT2D eigenvalue weighted by molar-refractivity contribution is 5.81. The Morgan fingerprint density at radius 1 is 1.17 bits per heavy atom. The van der Waals surface area contributed by atoms with Gasteiger partial charge in [0, 0.05) is 11.1 Å². The molecule has 5 nitrogen and oxygen atoms in total. The van der Waals surface area contributed by atoms with Crippen molar-refractivity contribution in [1.29, 1.82) is 0 Å². The van der Waals surface area contributed by atoms with Crippen LogP contribution in [0.3, 0.4) is 0 Å². The zero-order valence-electron chi connectivity index (χ0n) is 17.9. The zero-order valence-corrected chi connectivity index (χ0v) is 17.9. The Bertz CT molecular complexity index is 1070. The van der Waals surface area contributed by atoms with Gasteiger partial charge in [-0.2, -0.15) is 5.10 Å². The van der Waals surface area contributed by atoms with E-state index in [1.807, 2.05) is 37.3 Å². The van der Waals surface area contributed by atoms with E-state index in [9.17, 15) is 4.79 Å². The van der Waals surface area contributed by atoms with Gasteiger partial charge in [-0.05, 0) is 61.6 Å². The van der Waals surface area contributed by atoms with Crippen LogP contribution < -0.4 is 4.74 Å². The van der Waals surface area contributed by atoms with Gasteiger partial charge in [-0.25, -0.2) is 0 Å². The summed E-state index contributed by atoms with van der Waals surface area (Å²) in [7, 11) is 0. The first-order chi connectivity index (χ1) is 14.4. The van der Waals surface area contributed by atoms with E-state index in [1.54, 1.807) is 6.92 Å². The Labute approximate surface area is 177 Å². The first-order valence-electron chi connectivity index (χ1n) is 10.2. The number of benzene rings is 2. The van der Waals surface area contributed by atoms with Crippen LogP contribution in [0.4, 0.5) is 0 Å². The largest absolute Gasteiger partial charge is 0.486 e. The lowest BCUT2D eigenvalue weighted by Gasteiger charge is -2.22. The minimum absolute atomic E-state index is 0.0128. The van der Waals surface area contributed by atoms with Crippen LogP contribution in [0.5, 0.6) is 5.75 Å². The number of hydrogen-bond donors (Lipinski definition) is 2. The first kappa shape index (κ1) is 21.4. The molecule has 0 saturated carbocycles. The highest BCUT2D eigenvalue weighted by Gasteiger charge is 2.18. The molecular weight excluding hydrogens is 376 g/mol. The maximum atomic E-state index is 11.1. The van der Waals surface area contributed by atoms with Gasteiger partial charge in [0.1, 0.15) is 11.9 Å². The van der Waals surface area contributed by atoms with Gasteiger partial charge in [0.25, 0.3) is 0 Å². The van der Waals surface area contributed by atoms with Gasteiger partial charge < -0.3 is 9.84 Å². The molecule has 0 radical (unpaired) electrons. The van der Waals surface area contributed by atoms with E-state index in [1.165, 1.54) is 0 Å². The Balaban J connectivity index is 1.84. The van der Waals surface area contributed by atoms with E-state index >= 15 is 0 Å². The van der Waals surface area contributed by atoms with E-state index in [0.717, 1.165) is 39.9 Å². The molecule has 3 rings (SSSR count). The number of H-pyrrole nitrogens is 1. The molecular formula is C25H28N2O3. The summed E-state index contributed by atoms with van der Waals surface area (Å²) in [5, 5.41) is 17.6. The summed E-state index contributed by atoms with van der Waals surface area (Å²) in [5.41, 5.74) is 3.99. The Hall–Kier alpha value is -3.26. The fourth-order valence-electron chi connectivity index (χ4n) is 3.58. The number of nitrogens with one attached hydrogen (secondary N) is 1. The molecule has 2 aromatic carbocycles. The average Bonchev–Trinajstić information content (AvgIpc) is 3.07. The number of rotatable bonds is 8. The fourth-order valence-corrected chi connectivity index (χ4v) is 3.58. The molecule has 30 heavy (non-hydrogen) atoms. The molecule has 156 valence electrons. The molecule has 2 atom stereocenters. The van der Waals surface area contributed by atoms with Crippen molar-refractivity contribution in [2.24, 2.45) is 5.92 Å². The Morgan fingerprint density at radius 3 is 2.50 bits per heavy atom. The first-order valence-corrected chi connectivity index (χ1v) is 10.2. The molecule has 3 aromatic rings. The smallest absolute Gasteiger partial charge is 0.304 e. The third-order valence-corrected chi connectivity index (χ3v) is 5.08. The lowest BCUT2D eigenvalue weighted by atomic mass is 9.96. The lowest BCUT2D eigenvalue weighted by Crippen LogP contribution is -2.11. The molecule has 0 spiro atoms. The number of aliphatic carboxylic acids is 1. The number of hydrogen-bond acceptors (Lipinski definition) is 3. The van der Waals surface area contributed by atoms with E-state index in [2.05, 4.69) is 48.0 Å². The third kappa shape index (κ3) is 5.21. The van der Waals surface area contributed by atoms with Crippen LogP contribution in [-0.2, 0) is 4.79 Å². The van der Waals surface area contributed by atoms with E-state index in [-0.39, 0.29) is 18.4 Å². The number of nitrogens with zero attached hydrogens (tertiary/aromatic N) is 1. The SMILES string of the molecule is CC#CC(CC(=O)O)c1ccc(OC(CC(C)C)c2ccc3n[nH]c(C)c3c2)cc1. The summed E-state index contributed by atoms with van der Waals surface area (Å²) in [5.74, 6) is 5.86. The number of carboxylic acids is 1. The maximum absolute atomic E-state index is 11.1. The monoisotopic (exact) mass is 404 g/mol. The number of aromatic nitrogens is 2. The van der Waals surface area contributed by atoms with Crippen LogP contribution in [0.25, 0.3) is 10.9 Å². The summed E-state index contributed by atoms with van der Waals surface area (Å²) in [6.07, 6.45) is 0.786. The van der Waals surface area contributed by atoms with Crippen molar-refractivity contribution in [2.45, 2.75) is 52.6 Å². The van der Waals surface area contributed by atoms with Crippen LogP contribution in [0.1, 0.15) is 62.5 Å². The number of aromatic amines is 1. The molecule has 0 bridgehead atoms. The van der Waals surface area contributed by atoms with Gasteiger partial charge >= 0.3 is 5.97 Å². The zero-order chi connectivity index (χ0) is 21.7. The molecule has 0 aliphatic rings. The normalized spacial score (nSPS) is 13.0. The molecule has 0 fully saturated rings. The van der Waals surface area contributed by atoms with Crippen molar-refractivity contribution in [3.63, 3.8) is 0 Å². The van der Waals surface area contributed by atoms with Crippen LogP contribution in [0, 0.1) is 24.7 Å². The Kier molecular flexibility index (Phi) is 6.79. The molecule has 5 heteroatoms. The second-order valence-electron chi connectivity index (χ2n) is 7.98. The summed E-state index contributed by atoms with van der Waals surface area (Å²) >= 11 is 0. The van der Waals surface area contributed by atoms with Gasteiger partial charge in [-0.1, -0.05) is 38.0 Å². The molecule has 0 saturated heterocycles. The van der Waals surface area contributed by atoms with Gasteiger partial charge in [0.15, 0.2) is 0 Å². The number of carboxylic acid groups (broad SMARTS) is 1. The third-order valence-electron chi connectivity index (χ3n) is 5.08. The van der Waals surface area contributed by atoms with Crippen molar-refractivity contribution >= 4 is 16.9 Å². The summed E-state index contributed by atoms with van der Waals surface area (Å²) in [6.45, 7) is 8.10. The maximum Gasteiger partial charge on any atom is 0.304 e. The van der Waals surface area contributed by atoms with Crippen LogP contribution in [0.2, 0.25) is 0 Å². The van der Waals surface area contributed by atoms with E-state index in [4.69, 9.17) is 9.84 Å². The standard InChI is InChI=1S/C25H28N2O3/c1-5-6-19(15-25(28)29)18-7-10-21(11-8-18)30-24(13-16(2)3)20-9-12-23-22(14-20)17(4)26-27-23/h7-12,14,16,19,24H,13,15H2,1-4H3,(H,26,27)(H,28,29). The Morgan fingerprint density at radius 2 is 1.87 bits per heavy atom. The van der Waals surface area contributed by atoms with Crippen molar-refractivity contribution in [3.05, 3.63) is 59.3 Å². The number of carbonyl (C=O) groups is 1. The quantitative estimate of drug-likeness (QED) is 0.478. The molecule has 1 heterocycles. The van der Waals surface area contributed by atoms with Crippen LogP contribution in [-0.4, -0.2) is 21.3 Å². The van der Waals surface area contributed by atoms with Gasteiger partial charge in [0.2, 0.25) is 0 Å². The fraction of sp³-hybridized carbons (Fsp3) is 0.360. The molecule has 1 aromatic heterocycles. The van der Waals surface area contributed by atoms with E-state index < -0.39 is 5.97 Å².